The van der Waals surface area contributed by atoms with Crippen molar-refractivity contribution in [1.82, 2.24) is 0 Å². The first-order chi connectivity index (χ1) is 34.1. The number of nitrogens with two attached hydrogens (primary N) is 2. The van der Waals surface area contributed by atoms with Gasteiger partial charge in [0.05, 0.1) is 98.4 Å². The van der Waals surface area contributed by atoms with Crippen LogP contribution in [0, 0.1) is 23.7 Å². The fourth-order valence-corrected chi connectivity index (χ4v) is 8.97. The zero-order valence-electron chi connectivity index (χ0n) is 38.5. The number of benzene rings is 2. The first kappa shape index (κ1) is 64.8. The minimum atomic E-state index is -4.80. The zero-order chi connectivity index (χ0) is 56.3. The first-order valence-corrected chi connectivity index (χ1v) is 30.6. The lowest BCUT2D eigenvalue weighted by Gasteiger charge is -2.28. The number of carboxylic acids is 2. The van der Waals surface area contributed by atoms with Gasteiger partial charge in [-0.15, -0.1) is 0 Å². The van der Waals surface area contributed by atoms with Gasteiger partial charge in [-0.25, -0.2) is 9.59 Å². The SMILES string of the molecule is NCC#Cc1c(OCCCS(=O)(=O)O)c(C(=O)O)c(OCCCS(=O)(=O)O)c(-c2c(OCCCS(=O)(=O)O)c(C#CCN)c(OCCCS(=O)(=O)O)c(C(=O)O)c2OCCCS(=O)(=O)O)c1OCCCS(=O)(=O)O. The molecule has 0 fully saturated rings. The molecule has 12 N–H and O–H groups in total. The second-order valence-electron chi connectivity index (χ2n) is 14.8. The van der Waals surface area contributed by atoms with E-state index in [1.165, 1.54) is 0 Å². The number of aromatic carboxylic acids is 2. The van der Waals surface area contributed by atoms with Gasteiger partial charge >= 0.3 is 11.9 Å². The van der Waals surface area contributed by atoms with Gasteiger partial charge in [0, 0.05) is 0 Å². The molecular weight excluding hydrogens is 1120 g/mol. The predicted octanol–water partition coefficient (Wildman–Crippen LogP) is -0.689. The molecule has 0 aromatic heterocycles. The second kappa shape index (κ2) is 28.5. The van der Waals surface area contributed by atoms with Crippen LogP contribution in [0.5, 0.6) is 34.5 Å². The molecule has 0 aliphatic heterocycles. The largest absolute Gasteiger partial charge is 0.492 e. The molecule has 2 rings (SSSR count). The van der Waals surface area contributed by atoms with E-state index in [-0.39, 0.29) is 0 Å². The van der Waals surface area contributed by atoms with Crippen molar-refractivity contribution in [3.05, 3.63) is 22.3 Å². The second-order valence-corrected chi connectivity index (χ2v) is 24.2. The molecule has 0 bridgehead atoms. The number of rotatable bonds is 33. The molecule has 0 saturated heterocycles. The fraction of sp³-hybridized carbons (Fsp3) is 0.526. The maximum absolute atomic E-state index is 13.7. The Bertz CT molecular complexity index is 2960. The minimum Gasteiger partial charge on any atom is -0.492 e. The number of ether oxygens (including phenoxy) is 6. The summed E-state index contributed by atoms with van der Waals surface area (Å²) in [5.41, 5.74) is 5.74. The topological polar surface area (TPSA) is 508 Å². The maximum atomic E-state index is 13.7. The first-order valence-electron chi connectivity index (χ1n) is 20.9. The third kappa shape index (κ3) is 23.5. The van der Waals surface area contributed by atoms with Crippen molar-refractivity contribution in [2.75, 3.05) is 87.2 Å². The van der Waals surface area contributed by atoms with Crippen LogP contribution in [0.4, 0.5) is 0 Å². The van der Waals surface area contributed by atoms with E-state index in [0.717, 1.165) is 0 Å². The Kier molecular flexibility index (Phi) is 25.0. The molecule has 0 saturated carbocycles. The number of hydrogen-bond donors (Lipinski definition) is 10. The van der Waals surface area contributed by atoms with Gasteiger partial charge in [-0.3, -0.25) is 27.3 Å². The van der Waals surface area contributed by atoms with Crippen LogP contribution in [0.15, 0.2) is 0 Å². The van der Waals surface area contributed by atoms with E-state index < -0.39 is 266 Å². The fourth-order valence-electron chi connectivity index (χ4n) is 6.08. The van der Waals surface area contributed by atoms with E-state index in [9.17, 15) is 97.6 Å². The van der Waals surface area contributed by atoms with Crippen molar-refractivity contribution in [1.29, 1.82) is 0 Å². The molecule has 0 atom stereocenters. The molecule has 0 aliphatic rings. The van der Waals surface area contributed by atoms with Crippen molar-refractivity contribution >= 4 is 72.6 Å². The highest BCUT2D eigenvalue weighted by molar-refractivity contribution is 7.86. The van der Waals surface area contributed by atoms with Crippen LogP contribution in [0.2, 0.25) is 0 Å². The lowest BCUT2D eigenvalue weighted by molar-refractivity contribution is 0.0674. The Morgan fingerprint density at radius 3 is 0.757 bits per heavy atom. The van der Waals surface area contributed by atoms with Gasteiger partial charge in [-0.05, 0) is 38.5 Å². The lowest BCUT2D eigenvalue weighted by Crippen LogP contribution is -2.19. The van der Waals surface area contributed by atoms with Gasteiger partial charge < -0.3 is 50.1 Å². The van der Waals surface area contributed by atoms with E-state index >= 15 is 0 Å². The quantitative estimate of drug-likeness (QED) is 0.0240. The molecule has 418 valence electrons. The Morgan fingerprint density at radius 2 is 0.568 bits per heavy atom. The average Bonchev–Trinajstić information content (AvgIpc) is 3.23. The summed E-state index contributed by atoms with van der Waals surface area (Å²) >= 11 is 0. The molecule has 74 heavy (non-hydrogen) atoms. The molecule has 0 radical (unpaired) electrons. The van der Waals surface area contributed by atoms with Crippen molar-refractivity contribution in [3.8, 4) is 69.3 Å². The van der Waals surface area contributed by atoms with Crippen molar-refractivity contribution in [2.45, 2.75) is 38.5 Å². The van der Waals surface area contributed by atoms with Crippen LogP contribution < -0.4 is 39.9 Å². The highest BCUT2D eigenvalue weighted by Crippen LogP contribution is 2.57. The van der Waals surface area contributed by atoms with Crippen LogP contribution in [0.1, 0.15) is 70.4 Å². The number of carboxylic acid groups (broad SMARTS) is 2. The van der Waals surface area contributed by atoms with E-state index in [1.807, 2.05) is 0 Å². The molecule has 36 heteroatoms. The van der Waals surface area contributed by atoms with Gasteiger partial charge in [-0.2, -0.15) is 50.5 Å². The minimum absolute atomic E-state index is 0.564. The maximum Gasteiger partial charge on any atom is 0.343 e. The summed E-state index contributed by atoms with van der Waals surface area (Å²) in [7, 11) is -28.5. The molecule has 0 spiro atoms. The van der Waals surface area contributed by atoms with Gasteiger partial charge in [0.1, 0.15) is 33.8 Å². The summed E-state index contributed by atoms with van der Waals surface area (Å²) in [6.07, 6.45) is -3.83. The van der Waals surface area contributed by atoms with E-state index in [1.54, 1.807) is 0 Å². The summed E-state index contributed by atoms with van der Waals surface area (Å²) < 4.78 is 234. The van der Waals surface area contributed by atoms with E-state index in [2.05, 4.69) is 23.7 Å². The average molecular weight is 1180 g/mol. The summed E-state index contributed by atoms with van der Waals surface area (Å²) in [6, 6.07) is 0. The molecule has 0 amide bonds. The molecule has 30 nitrogen and oxygen atoms in total. The van der Waals surface area contributed by atoms with Gasteiger partial charge in [0.15, 0.2) is 23.0 Å². The van der Waals surface area contributed by atoms with Crippen LogP contribution in [0.25, 0.3) is 11.1 Å². The molecule has 0 aliphatic carbocycles. The van der Waals surface area contributed by atoms with Crippen molar-refractivity contribution < 1.29 is 126 Å². The van der Waals surface area contributed by atoms with Crippen LogP contribution in [-0.4, -0.2) is 187 Å². The summed E-state index contributed by atoms with van der Waals surface area (Å²) in [6.45, 7) is -6.28. The Labute approximate surface area is 425 Å². The third-order valence-corrected chi connectivity index (χ3v) is 13.6. The predicted molar refractivity (Wildman–Crippen MR) is 257 cm³/mol. The van der Waals surface area contributed by atoms with Gasteiger partial charge in [0.2, 0.25) is 0 Å². The Morgan fingerprint density at radius 1 is 0.365 bits per heavy atom. The van der Waals surface area contributed by atoms with Crippen molar-refractivity contribution in [2.24, 2.45) is 11.5 Å². The van der Waals surface area contributed by atoms with E-state index in [0.29, 0.717) is 0 Å². The molecule has 2 aromatic rings. The van der Waals surface area contributed by atoms with E-state index in [4.69, 9.17) is 39.9 Å². The Hall–Kier alpha value is -5.32. The van der Waals surface area contributed by atoms with Crippen molar-refractivity contribution in [3.63, 3.8) is 0 Å². The summed E-state index contributed by atoms with van der Waals surface area (Å²) in [5.74, 6) is -6.24. The highest BCUT2D eigenvalue weighted by atomic mass is 32.2. The molecule has 0 heterocycles. The number of hydrogen-bond acceptors (Lipinski definition) is 22. The normalized spacial score (nSPS) is 12.2. The molecule has 2 aromatic carbocycles. The molecular formula is C38H52N2O28S6. The lowest BCUT2D eigenvalue weighted by atomic mass is 9.89. The Balaban J connectivity index is 3.75. The highest BCUT2D eigenvalue weighted by Gasteiger charge is 2.39. The van der Waals surface area contributed by atoms with Gasteiger partial charge in [0.25, 0.3) is 60.7 Å². The smallest absolute Gasteiger partial charge is 0.343 e. The summed E-state index contributed by atoms with van der Waals surface area (Å²) in [4.78, 5) is 27.4. The molecule has 0 unspecified atom stereocenters. The third-order valence-electron chi connectivity index (χ3n) is 8.79. The van der Waals surface area contributed by atoms with Crippen LogP contribution in [-0.2, 0) is 60.7 Å². The van der Waals surface area contributed by atoms with Crippen LogP contribution in [0.3, 0.4) is 0 Å². The monoisotopic (exact) mass is 1180 g/mol. The number of carbonyl (C=O) groups is 2. The standard InChI is InChI=1S/C38H52N2O28S6/c39-11-1-9-25-31(63-13-3-19-69(45,46)47)27(35(67-17-7-23-73(57,58)59)29(37(41)42)33(25)65-15-5-21-71(51,52)53)28-32(64-14-4-20-70(48,49)50)26(10-2-12-40)34(66-16-6-22-72(54,55)56)30(38(43)44)36(28)68-18-8-24-74(60,61)62/h3-8,11-24,39-40H2,(H,41,42)(H,43,44)(H,45,46,47)(H,48,49,50)(H,51,52,53)(H,54,55,56)(H,57,58,59)(H,60,61,62). The van der Waals surface area contributed by atoms with Crippen LogP contribution >= 0.6 is 0 Å². The van der Waals surface area contributed by atoms with Gasteiger partial charge in [-0.1, -0.05) is 23.7 Å². The summed E-state index contributed by atoms with van der Waals surface area (Å²) in [5, 5.41) is 22.1. The zero-order valence-corrected chi connectivity index (χ0v) is 43.4.